The second kappa shape index (κ2) is 12.5. The van der Waals surface area contributed by atoms with E-state index >= 15 is 0 Å². The maximum absolute atomic E-state index is 5.26. The number of aromatic nitrogens is 4. The third-order valence-corrected chi connectivity index (χ3v) is 10.7. The van der Waals surface area contributed by atoms with Gasteiger partial charge in [-0.05, 0) is 97.3 Å². The summed E-state index contributed by atoms with van der Waals surface area (Å²) in [7, 11) is 0. The van der Waals surface area contributed by atoms with Gasteiger partial charge in [-0.2, -0.15) is 0 Å². The molecule has 10 aromatic rings. The van der Waals surface area contributed by atoms with Gasteiger partial charge in [0.25, 0.3) is 0 Å². The van der Waals surface area contributed by atoms with Gasteiger partial charge in [0.2, 0.25) is 0 Å². The third kappa shape index (κ3) is 5.06. The monoisotopic (exact) mass is 680 g/mol. The summed E-state index contributed by atoms with van der Waals surface area (Å²) in [5.74, 6) is 0. The summed E-state index contributed by atoms with van der Waals surface area (Å²) >= 11 is 0. The molecule has 6 aromatic carbocycles. The van der Waals surface area contributed by atoms with E-state index in [0.717, 1.165) is 51.6 Å². The van der Waals surface area contributed by atoms with Crippen LogP contribution in [0.5, 0.6) is 0 Å². The molecular formula is C49H36N4. The Morgan fingerprint density at radius 2 is 0.981 bits per heavy atom. The number of benzene rings is 6. The SMILES string of the molecule is CCc1cc(-n2c3ccccc3c3ccccc32)ccc1-c1cc(-c2cccc(-c3cc(-n4c5ccccc5c5ccccc54)ccc3C)n2)ccn1. The molecule has 0 aliphatic rings. The van der Waals surface area contributed by atoms with E-state index in [1.54, 1.807) is 0 Å². The second-order valence-corrected chi connectivity index (χ2v) is 13.8. The van der Waals surface area contributed by atoms with Crippen molar-refractivity contribution in [2.75, 3.05) is 0 Å². The van der Waals surface area contributed by atoms with Crippen LogP contribution in [0.25, 0.3) is 88.8 Å². The highest BCUT2D eigenvalue weighted by Gasteiger charge is 2.16. The van der Waals surface area contributed by atoms with Crippen LogP contribution >= 0.6 is 0 Å². The van der Waals surface area contributed by atoms with Crippen molar-refractivity contribution in [3.63, 3.8) is 0 Å². The molecule has 0 unspecified atom stereocenters. The molecule has 0 N–H and O–H groups in total. The van der Waals surface area contributed by atoms with Crippen molar-refractivity contribution >= 4 is 43.6 Å². The molecule has 0 radical (unpaired) electrons. The van der Waals surface area contributed by atoms with Crippen LogP contribution in [0.4, 0.5) is 0 Å². The van der Waals surface area contributed by atoms with Gasteiger partial charge >= 0.3 is 0 Å². The van der Waals surface area contributed by atoms with Crippen LogP contribution in [0.3, 0.4) is 0 Å². The van der Waals surface area contributed by atoms with Crippen LogP contribution in [0.15, 0.2) is 170 Å². The van der Waals surface area contributed by atoms with Crippen LogP contribution in [-0.2, 0) is 6.42 Å². The Morgan fingerprint density at radius 3 is 1.57 bits per heavy atom. The summed E-state index contributed by atoms with van der Waals surface area (Å²) < 4.78 is 4.75. The van der Waals surface area contributed by atoms with Gasteiger partial charge in [-0.15, -0.1) is 0 Å². The first-order valence-electron chi connectivity index (χ1n) is 18.3. The van der Waals surface area contributed by atoms with E-state index in [-0.39, 0.29) is 0 Å². The van der Waals surface area contributed by atoms with Gasteiger partial charge in [-0.25, -0.2) is 4.98 Å². The fourth-order valence-corrected chi connectivity index (χ4v) is 8.17. The van der Waals surface area contributed by atoms with Crippen LogP contribution in [0.1, 0.15) is 18.1 Å². The van der Waals surface area contributed by atoms with Crippen LogP contribution in [0, 0.1) is 6.92 Å². The van der Waals surface area contributed by atoms with Crippen LogP contribution in [-0.4, -0.2) is 19.1 Å². The molecule has 4 heteroatoms. The van der Waals surface area contributed by atoms with Gasteiger partial charge in [0.15, 0.2) is 0 Å². The van der Waals surface area contributed by atoms with Crippen LogP contribution in [0.2, 0.25) is 0 Å². The summed E-state index contributed by atoms with van der Waals surface area (Å²) in [6.45, 7) is 4.39. The molecule has 0 bridgehead atoms. The van der Waals surface area contributed by atoms with E-state index in [4.69, 9.17) is 9.97 Å². The van der Waals surface area contributed by atoms with Crippen molar-refractivity contribution < 1.29 is 0 Å². The zero-order valence-electron chi connectivity index (χ0n) is 29.7. The highest BCUT2D eigenvalue weighted by molar-refractivity contribution is 6.10. The van der Waals surface area contributed by atoms with E-state index < -0.39 is 0 Å². The fraction of sp³-hybridized carbons (Fsp3) is 0.0612. The van der Waals surface area contributed by atoms with E-state index in [9.17, 15) is 0 Å². The summed E-state index contributed by atoms with van der Waals surface area (Å²) in [6.07, 6.45) is 2.80. The molecule has 0 atom stereocenters. The molecular weight excluding hydrogens is 645 g/mol. The van der Waals surface area contributed by atoms with Crippen molar-refractivity contribution in [1.29, 1.82) is 0 Å². The van der Waals surface area contributed by atoms with Crippen molar-refractivity contribution in [3.05, 3.63) is 181 Å². The minimum atomic E-state index is 0.890. The highest BCUT2D eigenvalue weighted by atomic mass is 15.0. The molecule has 252 valence electrons. The lowest BCUT2D eigenvalue weighted by atomic mass is 9.99. The Bertz CT molecular complexity index is 2910. The summed E-state index contributed by atoms with van der Waals surface area (Å²) in [5.41, 5.74) is 15.7. The number of rotatable bonds is 6. The Balaban J connectivity index is 1.03. The largest absolute Gasteiger partial charge is 0.309 e. The second-order valence-electron chi connectivity index (χ2n) is 13.8. The van der Waals surface area contributed by atoms with Crippen molar-refractivity contribution in [2.45, 2.75) is 20.3 Å². The minimum absolute atomic E-state index is 0.890. The van der Waals surface area contributed by atoms with Crippen LogP contribution < -0.4 is 0 Å². The standard InChI is InChI=1S/C49H36N4/c1-3-33-29-35(52-46-19-8-4-13-38(46)39-14-5-9-20-47(39)52)25-26-37(33)45-30-34(27-28-50-45)43-17-12-18-44(51-43)42-31-36(24-23-32(42)2)53-48-21-10-6-15-40(48)41-16-7-11-22-49(41)53/h4-31H,3H2,1-2H3. The van der Waals surface area contributed by atoms with E-state index in [1.807, 2.05) is 6.20 Å². The molecule has 0 aliphatic heterocycles. The lowest BCUT2D eigenvalue weighted by Gasteiger charge is -2.14. The maximum atomic E-state index is 5.26. The molecule has 4 aromatic heterocycles. The molecule has 0 aliphatic carbocycles. The number of pyridine rings is 2. The van der Waals surface area contributed by atoms with Crippen molar-refractivity contribution in [3.8, 4) is 45.1 Å². The summed E-state index contributed by atoms with van der Waals surface area (Å²) in [6, 6.07) is 58.7. The molecule has 10 rings (SSSR count). The van der Waals surface area contributed by atoms with Gasteiger partial charge in [0, 0.05) is 55.8 Å². The van der Waals surface area contributed by atoms with Gasteiger partial charge in [-0.3, -0.25) is 4.98 Å². The molecule has 0 amide bonds. The lowest BCUT2D eigenvalue weighted by Crippen LogP contribution is -1.98. The minimum Gasteiger partial charge on any atom is -0.309 e. The molecule has 4 nitrogen and oxygen atoms in total. The number of hydrogen-bond acceptors (Lipinski definition) is 2. The first-order valence-corrected chi connectivity index (χ1v) is 18.3. The molecule has 0 fully saturated rings. The first kappa shape index (κ1) is 31.0. The number of fused-ring (bicyclic) bond motifs is 6. The zero-order chi connectivity index (χ0) is 35.5. The topological polar surface area (TPSA) is 35.6 Å². The van der Waals surface area contributed by atoms with Gasteiger partial charge in [-0.1, -0.05) is 97.9 Å². The molecule has 53 heavy (non-hydrogen) atoms. The number of hydrogen-bond donors (Lipinski definition) is 0. The van der Waals surface area contributed by atoms with Gasteiger partial charge < -0.3 is 9.13 Å². The number of aryl methyl sites for hydroxylation is 2. The molecule has 0 saturated heterocycles. The van der Waals surface area contributed by atoms with Gasteiger partial charge in [0.1, 0.15) is 0 Å². The van der Waals surface area contributed by atoms with E-state index in [0.29, 0.717) is 0 Å². The summed E-state index contributed by atoms with van der Waals surface area (Å²) in [4.78, 5) is 10.1. The average molecular weight is 681 g/mol. The van der Waals surface area contributed by atoms with E-state index in [1.165, 1.54) is 54.7 Å². The number of nitrogens with zero attached hydrogens (tertiary/aromatic N) is 4. The van der Waals surface area contributed by atoms with Crippen molar-refractivity contribution in [1.82, 2.24) is 19.1 Å². The molecule has 0 saturated carbocycles. The Labute approximate surface area is 308 Å². The third-order valence-electron chi connectivity index (χ3n) is 10.7. The van der Waals surface area contributed by atoms with Crippen molar-refractivity contribution in [2.24, 2.45) is 0 Å². The Kier molecular flexibility index (Phi) is 7.29. The number of para-hydroxylation sites is 4. The smallest absolute Gasteiger partial charge is 0.0712 e. The Morgan fingerprint density at radius 1 is 0.453 bits per heavy atom. The highest BCUT2D eigenvalue weighted by Crippen LogP contribution is 2.36. The first-order chi connectivity index (χ1) is 26.2. The maximum Gasteiger partial charge on any atom is 0.0712 e. The predicted molar refractivity (Wildman–Crippen MR) is 221 cm³/mol. The predicted octanol–water partition coefficient (Wildman–Crippen LogP) is 12.5. The fourth-order valence-electron chi connectivity index (χ4n) is 8.17. The van der Waals surface area contributed by atoms with Gasteiger partial charge in [0.05, 0.1) is 39.1 Å². The Hall–Kier alpha value is -6.78. The lowest BCUT2D eigenvalue weighted by molar-refractivity contribution is 1.10. The molecule has 4 heterocycles. The zero-order valence-corrected chi connectivity index (χ0v) is 29.7. The molecule has 0 spiro atoms. The average Bonchev–Trinajstić information content (AvgIpc) is 3.74. The normalized spacial score (nSPS) is 11.7. The summed E-state index contributed by atoms with van der Waals surface area (Å²) in [5, 5.41) is 5.05. The quantitative estimate of drug-likeness (QED) is 0.175. The van der Waals surface area contributed by atoms with E-state index in [2.05, 4.69) is 187 Å².